The number of carbonyl (C=O) groups excluding carboxylic acids is 2. The Morgan fingerprint density at radius 2 is 1.12 bits per heavy atom. The van der Waals surface area contributed by atoms with Crippen LogP contribution in [-0.2, 0) is 28.2 Å². The Balaban J connectivity index is 3.75. The molecule has 1 unspecified atom stereocenters. The van der Waals surface area contributed by atoms with E-state index in [1.165, 1.54) is 70.6 Å². The van der Waals surface area contributed by atoms with Gasteiger partial charge in [-0.25, -0.2) is 4.57 Å². The average molecular weight is 603 g/mol. The van der Waals surface area contributed by atoms with E-state index in [0.29, 0.717) is 12.8 Å². The van der Waals surface area contributed by atoms with Gasteiger partial charge in [0.2, 0.25) is 0 Å². The minimum Gasteiger partial charge on any atom is -0.462 e. The van der Waals surface area contributed by atoms with Gasteiger partial charge in [0, 0.05) is 12.8 Å². The molecule has 0 saturated carbocycles. The maximum atomic E-state index is 12.2. The molecule has 0 amide bonds. The minimum absolute atomic E-state index is 0.207. The summed E-state index contributed by atoms with van der Waals surface area (Å²) in [7, 11) is -4.72. The van der Waals surface area contributed by atoms with Crippen molar-refractivity contribution in [3.8, 4) is 0 Å². The molecule has 240 valence electrons. The van der Waals surface area contributed by atoms with Crippen LogP contribution < -0.4 is 0 Å². The lowest BCUT2D eigenvalue weighted by molar-refractivity contribution is -0.161. The summed E-state index contributed by atoms with van der Waals surface area (Å²) in [4.78, 5) is 41.7. The summed E-state index contributed by atoms with van der Waals surface area (Å²) < 4.78 is 25.8. The molecule has 0 aliphatic rings. The number of phosphoric acid groups is 1. The Morgan fingerprint density at radius 3 is 1.66 bits per heavy atom. The van der Waals surface area contributed by atoms with Gasteiger partial charge in [0.15, 0.2) is 6.10 Å². The largest absolute Gasteiger partial charge is 0.469 e. The van der Waals surface area contributed by atoms with Gasteiger partial charge >= 0.3 is 19.8 Å². The second kappa shape index (κ2) is 28.6. The van der Waals surface area contributed by atoms with E-state index in [4.69, 9.17) is 19.3 Å². The summed E-state index contributed by atoms with van der Waals surface area (Å²) >= 11 is 0. The van der Waals surface area contributed by atoms with E-state index in [1.807, 2.05) is 6.92 Å². The summed E-state index contributed by atoms with van der Waals surface area (Å²) in [5.74, 6) is -0.931. The fourth-order valence-corrected chi connectivity index (χ4v) is 4.62. The number of hydrogen-bond acceptors (Lipinski definition) is 6. The van der Waals surface area contributed by atoms with Crippen LogP contribution in [0.4, 0.5) is 0 Å². The quantitative estimate of drug-likeness (QED) is 0.0377. The molecule has 0 spiro atoms. The molecule has 0 aromatic heterocycles. The Labute approximate surface area is 249 Å². The second-order valence-corrected chi connectivity index (χ2v) is 12.0. The van der Waals surface area contributed by atoms with E-state index in [-0.39, 0.29) is 19.4 Å². The van der Waals surface area contributed by atoms with Crippen LogP contribution in [0, 0.1) is 0 Å². The lowest BCUT2D eigenvalue weighted by Gasteiger charge is -2.18. The lowest BCUT2D eigenvalue weighted by atomic mass is 10.1. The van der Waals surface area contributed by atoms with Crippen LogP contribution >= 0.6 is 7.82 Å². The highest BCUT2D eigenvalue weighted by Crippen LogP contribution is 2.35. The number of carbonyl (C=O) groups is 2. The lowest BCUT2D eigenvalue weighted by Crippen LogP contribution is -2.29. The van der Waals surface area contributed by atoms with Gasteiger partial charge in [0.25, 0.3) is 0 Å². The predicted octanol–water partition coefficient (Wildman–Crippen LogP) is 8.90. The topological polar surface area (TPSA) is 119 Å². The van der Waals surface area contributed by atoms with Crippen molar-refractivity contribution in [1.29, 1.82) is 0 Å². The van der Waals surface area contributed by atoms with Crippen molar-refractivity contribution in [3.05, 3.63) is 24.3 Å². The number of esters is 2. The maximum Gasteiger partial charge on any atom is 0.469 e. The molecular weight excluding hydrogens is 543 g/mol. The standard InChI is InChI=1S/C32H59O8P/c1-3-5-7-8-9-10-11-12-13-14-15-16-17-18-19-20-21-22-23-24-25-27-32(34)40-30(29-39-41(35,36)37)28-38-31(33)26-6-4-2/h11-12,14-15,30H,3-10,13,16-29H2,1-2H3,(H2,35,36,37)/b12-11-,15-14-. The predicted molar refractivity (Wildman–Crippen MR) is 165 cm³/mol. The molecule has 0 heterocycles. The first-order chi connectivity index (χ1) is 19.8. The molecule has 41 heavy (non-hydrogen) atoms. The van der Waals surface area contributed by atoms with Gasteiger partial charge in [-0.3, -0.25) is 14.1 Å². The molecule has 0 aliphatic heterocycles. The smallest absolute Gasteiger partial charge is 0.462 e. The first kappa shape index (κ1) is 39.5. The van der Waals surface area contributed by atoms with Crippen LogP contribution in [0.15, 0.2) is 24.3 Å². The highest BCUT2D eigenvalue weighted by molar-refractivity contribution is 7.46. The zero-order valence-electron chi connectivity index (χ0n) is 25.9. The number of unbranched alkanes of at least 4 members (excludes halogenated alkanes) is 15. The molecular formula is C32H59O8P. The monoisotopic (exact) mass is 602 g/mol. The van der Waals surface area contributed by atoms with Crippen molar-refractivity contribution in [2.75, 3.05) is 13.2 Å². The average Bonchev–Trinajstić information content (AvgIpc) is 2.93. The summed E-state index contributed by atoms with van der Waals surface area (Å²) in [5, 5.41) is 0. The normalized spacial score (nSPS) is 12.8. The molecule has 0 fully saturated rings. The van der Waals surface area contributed by atoms with Gasteiger partial charge in [-0.2, -0.15) is 0 Å². The number of rotatable bonds is 29. The second-order valence-electron chi connectivity index (χ2n) is 10.8. The van der Waals surface area contributed by atoms with Crippen LogP contribution in [0.25, 0.3) is 0 Å². The molecule has 9 heteroatoms. The summed E-state index contributed by atoms with van der Waals surface area (Å²) in [6.07, 6.45) is 30.3. The summed E-state index contributed by atoms with van der Waals surface area (Å²) in [6, 6.07) is 0. The zero-order valence-corrected chi connectivity index (χ0v) is 26.8. The third-order valence-corrected chi connectivity index (χ3v) is 7.21. The number of allylic oxidation sites excluding steroid dienone is 4. The first-order valence-electron chi connectivity index (χ1n) is 16.1. The fourth-order valence-electron chi connectivity index (χ4n) is 4.26. The molecule has 0 aromatic carbocycles. The number of ether oxygens (including phenoxy) is 2. The molecule has 2 N–H and O–H groups in total. The van der Waals surface area contributed by atoms with Crippen LogP contribution in [0.2, 0.25) is 0 Å². The minimum atomic E-state index is -4.72. The SMILES string of the molecule is CCCCCCC/C=C\C/C=C\CCCCCCCCCCCC(=O)OC(COC(=O)CCCC)COP(=O)(O)O. The van der Waals surface area contributed by atoms with Crippen molar-refractivity contribution >= 4 is 19.8 Å². The van der Waals surface area contributed by atoms with Crippen molar-refractivity contribution in [2.24, 2.45) is 0 Å². The summed E-state index contributed by atoms with van der Waals surface area (Å²) in [6.45, 7) is 3.37. The fraction of sp³-hybridized carbons (Fsp3) is 0.812. The molecule has 8 nitrogen and oxygen atoms in total. The van der Waals surface area contributed by atoms with E-state index in [0.717, 1.165) is 38.5 Å². The molecule has 0 bridgehead atoms. The van der Waals surface area contributed by atoms with Crippen molar-refractivity contribution in [1.82, 2.24) is 0 Å². The Morgan fingerprint density at radius 1 is 0.634 bits per heavy atom. The highest BCUT2D eigenvalue weighted by atomic mass is 31.2. The van der Waals surface area contributed by atoms with Gasteiger partial charge in [0.1, 0.15) is 6.61 Å². The van der Waals surface area contributed by atoms with Crippen LogP contribution in [0.5, 0.6) is 0 Å². The number of phosphoric ester groups is 1. The van der Waals surface area contributed by atoms with Crippen LogP contribution in [0.3, 0.4) is 0 Å². The molecule has 0 aliphatic carbocycles. The van der Waals surface area contributed by atoms with Crippen molar-refractivity contribution < 1.29 is 37.9 Å². The Hall–Kier alpha value is -1.47. The van der Waals surface area contributed by atoms with E-state index in [1.54, 1.807) is 0 Å². The highest BCUT2D eigenvalue weighted by Gasteiger charge is 2.22. The van der Waals surface area contributed by atoms with E-state index in [2.05, 4.69) is 35.8 Å². The zero-order chi connectivity index (χ0) is 30.4. The number of hydrogen-bond donors (Lipinski definition) is 2. The Bertz CT molecular complexity index is 731. The molecule has 0 rings (SSSR count). The van der Waals surface area contributed by atoms with Gasteiger partial charge in [-0.1, -0.05) is 115 Å². The third-order valence-electron chi connectivity index (χ3n) is 6.72. The first-order valence-corrected chi connectivity index (χ1v) is 17.7. The maximum absolute atomic E-state index is 12.2. The van der Waals surface area contributed by atoms with Gasteiger partial charge in [-0.05, 0) is 44.9 Å². The third kappa shape index (κ3) is 31.3. The van der Waals surface area contributed by atoms with E-state index in [9.17, 15) is 14.2 Å². The van der Waals surface area contributed by atoms with E-state index >= 15 is 0 Å². The van der Waals surface area contributed by atoms with E-state index < -0.39 is 32.5 Å². The van der Waals surface area contributed by atoms with Crippen LogP contribution in [-0.4, -0.2) is 41.0 Å². The molecule has 1 atom stereocenters. The van der Waals surface area contributed by atoms with Gasteiger partial charge < -0.3 is 19.3 Å². The molecule has 0 aromatic rings. The van der Waals surface area contributed by atoms with Crippen molar-refractivity contribution in [2.45, 2.75) is 155 Å². The Kier molecular flexibility index (Phi) is 27.6. The van der Waals surface area contributed by atoms with Gasteiger partial charge in [0.05, 0.1) is 6.61 Å². The van der Waals surface area contributed by atoms with Crippen molar-refractivity contribution in [3.63, 3.8) is 0 Å². The molecule has 0 saturated heterocycles. The van der Waals surface area contributed by atoms with Crippen LogP contribution in [0.1, 0.15) is 149 Å². The summed E-state index contributed by atoms with van der Waals surface area (Å²) in [5.41, 5.74) is 0. The molecule has 0 radical (unpaired) electrons. The van der Waals surface area contributed by atoms with Gasteiger partial charge in [-0.15, -0.1) is 0 Å².